The van der Waals surface area contributed by atoms with Crippen molar-refractivity contribution in [3.63, 3.8) is 0 Å². The Morgan fingerprint density at radius 1 is 1.17 bits per heavy atom. The van der Waals surface area contributed by atoms with Crippen LogP contribution < -0.4 is 16.1 Å². The second-order valence-corrected chi connectivity index (χ2v) is 6.04. The van der Waals surface area contributed by atoms with E-state index in [4.69, 9.17) is 0 Å². The molecule has 1 heterocycles. The predicted octanol–water partition coefficient (Wildman–Crippen LogP) is 1.55. The average molecular weight is 328 g/mol. The van der Waals surface area contributed by atoms with E-state index in [2.05, 4.69) is 15.7 Å². The summed E-state index contributed by atoms with van der Waals surface area (Å²) in [5.41, 5.74) is 0.366. The maximum Gasteiger partial charge on any atom is 0.321 e. The smallest absolute Gasteiger partial charge is 0.321 e. The minimum atomic E-state index is -0.475. The highest BCUT2D eigenvalue weighted by atomic mass is 16.2. The number of carbonyl (C=O) groups excluding carboxylic acids is 2. The number of nitrogens with one attached hydrogen (secondary N) is 2. The molecule has 0 aliphatic heterocycles. The lowest BCUT2D eigenvalue weighted by Crippen LogP contribution is -2.46. The third kappa shape index (κ3) is 3.79. The van der Waals surface area contributed by atoms with Crippen LogP contribution in [-0.2, 0) is 11.3 Å². The molecular weight excluding hydrogens is 308 g/mol. The first kappa shape index (κ1) is 16.2. The number of benzene rings is 1. The van der Waals surface area contributed by atoms with Gasteiger partial charge < -0.3 is 5.32 Å². The van der Waals surface area contributed by atoms with E-state index in [0.29, 0.717) is 10.9 Å². The number of imide groups is 1. The number of para-hydroxylation sites is 1. The Kier molecular flexibility index (Phi) is 4.88. The molecule has 1 fully saturated rings. The van der Waals surface area contributed by atoms with E-state index in [1.54, 1.807) is 24.3 Å². The van der Waals surface area contributed by atoms with Crippen molar-refractivity contribution in [2.75, 3.05) is 0 Å². The zero-order chi connectivity index (χ0) is 16.9. The van der Waals surface area contributed by atoms with Crippen LogP contribution in [0.25, 0.3) is 10.9 Å². The molecule has 24 heavy (non-hydrogen) atoms. The van der Waals surface area contributed by atoms with Crippen molar-refractivity contribution in [1.82, 2.24) is 20.4 Å². The number of nitrogens with zero attached hydrogens (tertiary/aromatic N) is 2. The summed E-state index contributed by atoms with van der Waals surface area (Å²) in [5, 5.41) is 9.63. The summed E-state index contributed by atoms with van der Waals surface area (Å²) in [5.74, 6) is -0.468. The van der Waals surface area contributed by atoms with Gasteiger partial charge in [-0.2, -0.15) is 5.10 Å². The Morgan fingerprint density at radius 2 is 1.92 bits per heavy atom. The van der Waals surface area contributed by atoms with Crippen molar-refractivity contribution in [1.29, 1.82) is 0 Å². The molecule has 3 rings (SSSR count). The third-order valence-electron chi connectivity index (χ3n) is 4.25. The van der Waals surface area contributed by atoms with Crippen LogP contribution in [0.4, 0.5) is 4.79 Å². The van der Waals surface area contributed by atoms with Gasteiger partial charge in [-0.1, -0.05) is 31.4 Å². The van der Waals surface area contributed by atoms with Gasteiger partial charge in [-0.25, -0.2) is 4.79 Å². The Balaban J connectivity index is 1.63. The van der Waals surface area contributed by atoms with Gasteiger partial charge in [0.2, 0.25) is 11.3 Å². The van der Waals surface area contributed by atoms with Gasteiger partial charge in [0.25, 0.3) is 0 Å². The van der Waals surface area contributed by atoms with E-state index in [0.717, 1.165) is 25.7 Å². The summed E-state index contributed by atoms with van der Waals surface area (Å²) in [6.07, 6.45) is 6.49. The van der Waals surface area contributed by atoms with Crippen molar-refractivity contribution in [3.05, 3.63) is 40.7 Å². The van der Waals surface area contributed by atoms with Gasteiger partial charge in [-0.3, -0.25) is 19.6 Å². The highest BCUT2D eigenvalue weighted by Gasteiger charge is 2.17. The van der Waals surface area contributed by atoms with E-state index in [-0.39, 0.29) is 18.0 Å². The molecule has 0 radical (unpaired) electrons. The Labute approximate surface area is 139 Å². The fourth-order valence-electron chi connectivity index (χ4n) is 3.06. The standard InChI is InChI=1S/C17H20N4O3/c22-15-10-18-21(14-9-5-4-8-13(14)15)11-16(23)20-17(24)19-12-6-2-1-3-7-12/h4-5,8-10,12H,1-3,6-7,11H2,(H2,19,20,23,24). The van der Waals surface area contributed by atoms with Crippen LogP contribution in [0.3, 0.4) is 0 Å². The number of rotatable bonds is 3. The first-order valence-corrected chi connectivity index (χ1v) is 8.19. The molecule has 2 aromatic rings. The van der Waals surface area contributed by atoms with Crippen LogP contribution in [0.2, 0.25) is 0 Å². The van der Waals surface area contributed by atoms with E-state index in [9.17, 15) is 14.4 Å². The molecule has 1 aromatic heterocycles. The van der Waals surface area contributed by atoms with Crippen LogP contribution in [0.1, 0.15) is 32.1 Å². The predicted molar refractivity (Wildman–Crippen MR) is 89.6 cm³/mol. The molecule has 1 aliphatic carbocycles. The molecule has 7 nitrogen and oxygen atoms in total. The molecule has 0 bridgehead atoms. The number of hydrogen-bond donors (Lipinski definition) is 2. The summed E-state index contributed by atoms with van der Waals surface area (Å²) in [6, 6.07) is 6.59. The molecule has 1 saturated carbocycles. The van der Waals surface area contributed by atoms with Crippen LogP contribution in [0.5, 0.6) is 0 Å². The van der Waals surface area contributed by atoms with Crippen molar-refractivity contribution < 1.29 is 9.59 Å². The summed E-state index contributed by atoms with van der Waals surface area (Å²) < 4.78 is 1.42. The van der Waals surface area contributed by atoms with E-state index >= 15 is 0 Å². The minimum absolute atomic E-state index is 0.126. The highest BCUT2D eigenvalue weighted by Crippen LogP contribution is 2.17. The average Bonchev–Trinajstić information content (AvgIpc) is 2.58. The molecule has 1 aromatic carbocycles. The molecule has 0 unspecified atom stereocenters. The molecule has 126 valence electrons. The summed E-state index contributed by atoms with van der Waals surface area (Å²) in [4.78, 5) is 35.8. The Morgan fingerprint density at radius 3 is 2.71 bits per heavy atom. The third-order valence-corrected chi connectivity index (χ3v) is 4.25. The quantitative estimate of drug-likeness (QED) is 0.894. The summed E-state index contributed by atoms with van der Waals surface area (Å²) >= 11 is 0. The van der Waals surface area contributed by atoms with Crippen LogP contribution in [-0.4, -0.2) is 27.8 Å². The largest absolute Gasteiger partial charge is 0.335 e. The maximum absolute atomic E-state index is 12.1. The molecule has 2 N–H and O–H groups in total. The van der Waals surface area contributed by atoms with Crippen molar-refractivity contribution in [3.8, 4) is 0 Å². The molecular formula is C17H20N4O3. The van der Waals surface area contributed by atoms with E-state index < -0.39 is 11.9 Å². The molecule has 7 heteroatoms. The van der Waals surface area contributed by atoms with Crippen molar-refractivity contribution >= 4 is 22.8 Å². The zero-order valence-corrected chi connectivity index (χ0v) is 13.3. The van der Waals surface area contributed by atoms with E-state index in [1.165, 1.54) is 17.3 Å². The zero-order valence-electron chi connectivity index (χ0n) is 13.3. The van der Waals surface area contributed by atoms with Gasteiger partial charge in [0.1, 0.15) is 6.54 Å². The second kappa shape index (κ2) is 7.25. The number of fused-ring (bicyclic) bond motifs is 1. The lowest BCUT2D eigenvalue weighted by atomic mass is 9.96. The number of aromatic nitrogens is 2. The first-order valence-electron chi connectivity index (χ1n) is 8.19. The van der Waals surface area contributed by atoms with Gasteiger partial charge in [0.15, 0.2) is 0 Å². The van der Waals surface area contributed by atoms with Gasteiger partial charge in [0, 0.05) is 11.4 Å². The Bertz CT molecular complexity index is 809. The first-order chi connectivity index (χ1) is 11.6. The topological polar surface area (TPSA) is 93.1 Å². The van der Waals surface area contributed by atoms with Crippen LogP contribution in [0, 0.1) is 0 Å². The summed E-state index contributed by atoms with van der Waals surface area (Å²) in [6.45, 7) is -0.126. The molecule has 3 amide bonds. The lowest BCUT2D eigenvalue weighted by Gasteiger charge is -2.22. The van der Waals surface area contributed by atoms with Gasteiger partial charge in [0.05, 0.1) is 11.7 Å². The molecule has 0 spiro atoms. The highest BCUT2D eigenvalue weighted by molar-refractivity contribution is 5.94. The number of hydrogen-bond acceptors (Lipinski definition) is 4. The van der Waals surface area contributed by atoms with Gasteiger partial charge >= 0.3 is 6.03 Å². The lowest BCUT2D eigenvalue weighted by molar-refractivity contribution is -0.120. The number of amides is 3. The van der Waals surface area contributed by atoms with Crippen LogP contribution in [0.15, 0.2) is 35.3 Å². The Hall–Kier alpha value is -2.70. The molecule has 0 saturated heterocycles. The number of carbonyl (C=O) groups is 2. The van der Waals surface area contributed by atoms with E-state index in [1.807, 2.05) is 0 Å². The van der Waals surface area contributed by atoms with Crippen molar-refractivity contribution in [2.24, 2.45) is 0 Å². The van der Waals surface area contributed by atoms with Crippen molar-refractivity contribution in [2.45, 2.75) is 44.7 Å². The van der Waals surface area contributed by atoms with Gasteiger partial charge in [-0.05, 0) is 25.0 Å². The fourth-order valence-corrected chi connectivity index (χ4v) is 3.06. The molecule has 1 aliphatic rings. The monoisotopic (exact) mass is 328 g/mol. The fraction of sp³-hybridized carbons (Fsp3) is 0.412. The molecule has 0 atom stereocenters. The normalized spacial score (nSPS) is 15.2. The van der Waals surface area contributed by atoms with Crippen LogP contribution >= 0.6 is 0 Å². The summed E-state index contributed by atoms with van der Waals surface area (Å²) in [7, 11) is 0. The SMILES string of the molecule is O=C(Cn1ncc(=O)c2ccccc21)NC(=O)NC1CCCCC1. The second-order valence-electron chi connectivity index (χ2n) is 6.04. The van der Waals surface area contributed by atoms with Gasteiger partial charge in [-0.15, -0.1) is 0 Å². The number of urea groups is 1. The maximum atomic E-state index is 12.1. The minimum Gasteiger partial charge on any atom is -0.335 e.